The Kier molecular flexibility index (Phi) is 3.49. The van der Waals surface area contributed by atoms with Gasteiger partial charge in [0.15, 0.2) is 5.58 Å². The Labute approximate surface area is 131 Å². The van der Waals surface area contributed by atoms with Crippen LogP contribution in [0.25, 0.3) is 22.6 Å². The molecule has 0 aliphatic carbocycles. The molecule has 3 aromatic rings. The number of halogens is 1. The molecule has 0 atom stereocenters. The molecule has 0 bridgehead atoms. The predicted molar refractivity (Wildman–Crippen MR) is 87.6 cm³/mol. The van der Waals surface area contributed by atoms with Crippen molar-refractivity contribution in [3.8, 4) is 17.2 Å². The maximum atomic E-state index is 10.4. The largest absolute Gasteiger partial charge is 0.506 e. The standard InChI is InChI=1S/C17H16BrNO2/c1-9(2)12-15(20)13(18)10(3)14-16(12)21-17(19-14)11-7-5-4-6-8-11/h4-9,20H,1-3H3. The number of benzene rings is 2. The van der Waals surface area contributed by atoms with E-state index >= 15 is 0 Å². The van der Waals surface area contributed by atoms with Gasteiger partial charge in [-0.2, -0.15) is 0 Å². The summed E-state index contributed by atoms with van der Waals surface area (Å²) in [6.45, 7) is 5.98. The van der Waals surface area contributed by atoms with E-state index in [0.29, 0.717) is 15.9 Å². The molecule has 0 aliphatic rings. The van der Waals surface area contributed by atoms with E-state index in [-0.39, 0.29) is 11.7 Å². The highest BCUT2D eigenvalue weighted by molar-refractivity contribution is 9.10. The molecular weight excluding hydrogens is 330 g/mol. The number of fused-ring (bicyclic) bond motifs is 1. The van der Waals surface area contributed by atoms with Crippen molar-refractivity contribution in [2.45, 2.75) is 26.7 Å². The molecule has 2 aromatic carbocycles. The van der Waals surface area contributed by atoms with Crippen molar-refractivity contribution < 1.29 is 9.52 Å². The number of nitrogens with zero attached hydrogens (tertiary/aromatic N) is 1. The van der Waals surface area contributed by atoms with Gasteiger partial charge in [0.1, 0.15) is 11.3 Å². The van der Waals surface area contributed by atoms with Crippen molar-refractivity contribution in [1.29, 1.82) is 0 Å². The topological polar surface area (TPSA) is 46.3 Å². The zero-order chi connectivity index (χ0) is 15.1. The SMILES string of the molecule is Cc1c(Br)c(O)c(C(C)C)c2oc(-c3ccccc3)nc12. The van der Waals surface area contributed by atoms with Gasteiger partial charge in [0.05, 0.1) is 4.47 Å². The van der Waals surface area contributed by atoms with Gasteiger partial charge < -0.3 is 9.52 Å². The average Bonchev–Trinajstić information content (AvgIpc) is 2.90. The van der Waals surface area contributed by atoms with Crippen LogP contribution in [0, 0.1) is 6.92 Å². The fraction of sp³-hybridized carbons (Fsp3) is 0.235. The molecule has 0 fully saturated rings. The van der Waals surface area contributed by atoms with Crippen LogP contribution in [0.3, 0.4) is 0 Å². The van der Waals surface area contributed by atoms with Gasteiger partial charge in [0.25, 0.3) is 0 Å². The van der Waals surface area contributed by atoms with E-state index in [1.807, 2.05) is 51.1 Å². The molecule has 21 heavy (non-hydrogen) atoms. The van der Waals surface area contributed by atoms with Crippen LogP contribution in [0.15, 0.2) is 39.2 Å². The fourth-order valence-electron chi connectivity index (χ4n) is 2.50. The summed E-state index contributed by atoms with van der Waals surface area (Å²) in [5.74, 6) is 0.958. The van der Waals surface area contributed by atoms with Crippen LogP contribution in [-0.2, 0) is 0 Å². The summed E-state index contributed by atoms with van der Waals surface area (Å²) in [4.78, 5) is 4.62. The average molecular weight is 346 g/mol. The number of phenols is 1. The van der Waals surface area contributed by atoms with Gasteiger partial charge in [-0.3, -0.25) is 0 Å². The molecule has 0 radical (unpaired) electrons. The maximum absolute atomic E-state index is 10.4. The van der Waals surface area contributed by atoms with Gasteiger partial charge in [-0.15, -0.1) is 0 Å². The zero-order valence-corrected chi connectivity index (χ0v) is 13.7. The lowest BCUT2D eigenvalue weighted by Gasteiger charge is -2.12. The fourth-order valence-corrected chi connectivity index (χ4v) is 2.91. The van der Waals surface area contributed by atoms with Crippen LogP contribution < -0.4 is 0 Å². The Morgan fingerprint density at radius 3 is 2.48 bits per heavy atom. The number of aromatic nitrogens is 1. The zero-order valence-electron chi connectivity index (χ0n) is 12.1. The predicted octanol–water partition coefficient (Wildman–Crippen LogP) is 5.39. The van der Waals surface area contributed by atoms with Crippen molar-refractivity contribution in [2.75, 3.05) is 0 Å². The molecule has 4 heteroatoms. The van der Waals surface area contributed by atoms with E-state index in [1.165, 1.54) is 0 Å². The molecule has 0 unspecified atom stereocenters. The van der Waals surface area contributed by atoms with E-state index in [9.17, 15) is 5.11 Å². The lowest BCUT2D eigenvalue weighted by atomic mass is 9.99. The van der Waals surface area contributed by atoms with E-state index in [0.717, 1.165) is 22.2 Å². The van der Waals surface area contributed by atoms with E-state index in [1.54, 1.807) is 0 Å². The molecule has 3 nitrogen and oxygen atoms in total. The molecule has 108 valence electrons. The Hall–Kier alpha value is -1.81. The van der Waals surface area contributed by atoms with E-state index in [4.69, 9.17) is 4.42 Å². The molecule has 0 aliphatic heterocycles. The second-order valence-corrected chi connectivity index (χ2v) is 6.21. The third kappa shape index (κ3) is 2.23. The highest BCUT2D eigenvalue weighted by atomic mass is 79.9. The first-order valence-corrected chi connectivity index (χ1v) is 7.67. The summed E-state index contributed by atoms with van der Waals surface area (Å²) in [6, 6.07) is 9.79. The van der Waals surface area contributed by atoms with Crippen molar-refractivity contribution in [3.05, 3.63) is 45.9 Å². The van der Waals surface area contributed by atoms with Gasteiger partial charge in [0, 0.05) is 11.1 Å². The highest BCUT2D eigenvalue weighted by Gasteiger charge is 2.22. The smallest absolute Gasteiger partial charge is 0.227 e. The normalized spacial score (nSPS) is 11.5. The first-order chi connectivity index (χ1) is 10.0. The summed E-state index contributed by atoms with van der Waals surface area (Å²) in [6.07, 6.45) is 0. The van der Waals surface area contributed by atoms with Crippen LogP contribution in [0.5, 0.6) is 5.75 Å². The molecule has 1 heterocycles. The van der Waals surface area contributed by atoms with Gasteiger partial charge >= 0.3 is 0 Å². The van der Waals surface area contributed by atoms with Crippen molar-refractivity contribution in [3.63, 3.8) is 0 Å². The second-order valence-electron chi connectivity index (χ2n) is 5.42. The molecule has 0 spiro atoms. The molecule has 1 aromatic heterocycles. The monoisotopic (exact) mass is 345 g/mol. The van der Waals surface area contributed by atoms with Gasteiger partial charge in [-0.05, 0) is 46.5 Å². The van der Waals surface area contributed by atoms with Crippen molar-refractivity contribution >= 4 is 27.0 Å². The quantitative estimate of drug-likeness (QED) is 0.676. The van der Waals surface area contributed by atoms with E-state index < -0.39 is 0 Å². The Morgan fingerprint density at radius 1 is 1.19 bits per heavy atom. The molecule has 0 saturated heterocycles. The van der Waals surface area contributed by atoms with Crippen molar-refractivity contribution in [2.24, 2.45) is 0 Å². The van der Waals surface area contributed by atoms with Gasteiger partial charge in [-0.1, -0.05) is 32.0 Å². The van der Waals surface area contributed by atoms with Crippen LogP contribution in [0.2, 0.25) is 0 Å². The second kappa shape index (κ2) is 5.19. The number of hydrogen-bond donors (Lipinski definition) is 1. The number of phenolic OH excluding ortho intramolecular Hbond substituents is 1. The summed E-state index contributed by atoms with van der Waals surface area (Å²) in [7, 11) is 0. The number of oxazole rings is 1. The first kappa shape index (κ1) is 14.1. The van der Waals surface area contributed by atoms with Crippen molar-refractivity contribution in [1.82, 2.24) is 4.98 Å². The third-order valence-corrected chi connectivity index (χ3v) is 4.59. The Bertz CT molecular complexity index is 807. The summed E-state index contributed by atoms with van der Waals surface area (Å²) in [5.41, 5.74) is 4.07. The molecular formula is C17H16BrNO2. The number of aromatic hydroxyl groups is 1. The minimum Gasteiger partial charge on any atom is -0.506 e. The summed E-state index contributed by atoms with van der Waals surface area (Å²) < 4.78 is 6.66. The Balaban J connectivity index is 2.35. The number of hydrogen-bond acceptors (Lipinski definition) is 3. The number of aryl methyl sites for hydroxylation is 1. The molecule has 3 rings (SSSR count). The minimum absolute atomic E-state index is 0.140. The van der Waals surface area contributed by atoms with Crippen LogP contribution in [-0.4, -0.2) is 10.1 Å². The van der Waals surface area contributed by atoms with Crippen LogP contribution in [0.1, 0.15) is 30.9 Å². The molecule has 1 N–H and O–H groups in total. The Morgan fingerprint density at radius 2 is 1.86 bits per heavy atom. The lowest BCUT2D eigenvalue weighted by Crippen LogP contribution is -1.93. The van der Waals surface area contributed by atoms with Gasteiger partial charge in [0.2, 0.25) is 5.89 Å². The van der Waals surface area contributed by atoms with Crippen LogP contribution >= 0.6 is 15.9 Å². The van der Waals surface area contributed by atoms with Crippen LogP contribution in [0.4, 0.5) is 0 Å². The number of rotatable bonds is 2. The molecule has 0 saturated carbocycles. The summed E-state index contributed by atoms with van der Waals surface area (Å²) >= 11 is 3.45. The van der Waals surface area contributed by atoms with E-state index in [2.05, 4.69) is 20.9 Å². The maximum Gasteiger partial charge on any atom is 0.227 e. The molecule has 0 amide bonds. The van der Waals surface area contributed by atoms with Gasteiger partial charge in [-0.25, -0.2) is 4.98 Å². The summed E-state index contributed by atoms with van der Waals surface area (Å²) in [5, 5.41) is 10.4. The highest BCUT2D eigenvalue weighted by Crippen LogP contribution is 2.43. The minimum atomic E-state index is 0.140. The third-order valence-electron chi connectivity index (χ3n) is 3.62. The first-order valence-electron chi connectivity index (χ1n) is 6.87. The lowest BCUT2D eigenvalue weighted by molar-refractivity contribution is 0.459.